The van der Waals surface area contributed by atoms with E-state index in [2.05, 4.69) is 17.4 Å². The average molecular weight is 313 g/mol. The number of hydrogen-bond acceptors (Lipinski definition) is 3. The van der Waals surface area contributed by atoms with Gasteiger partial charge in [-0.25, -0.2) is 0 Å². The van der Waals surface area contributed by atoms with E-state index in [0.29, 0.717) is 17.7 Å². The number of carbonyl (C=O) groups is 2. The van der Waals surface area contributed by atoms with Crippen molar-refractivity contribution in [2.24, 2.45) is 0 Å². The summed E-state index contributed by atoms with van der Waals surface area (Å²) >= 11 is 1.74. The second-order valence-electron chi connectivity index (χ2n) is 4.97. The van der Waals surface area contributed by atoms with Gasteiger partial charge in [0, 0.05) is 29.2 Å². The zero-order valence-corrected chi connectivity index (χ0v) is 13.4. The van der Waals surface area contributed by atoms with Crippen molar-refractivity contribution >= 4 is 29.1 Å². The second kappa shape index (κ2) is 8.39. The van der Waals surface area contributed by atoms with E-state index in [-0.39, 0.29) is 11.7 Å². The number of benzene rings is 2. The molecule has 0 radical (unpaired) electrons. The maximum absolute atomic E-state index is 11.9. The summed E-state index contributed by atoms with van der Waals surface area (Å²) in [5.41, 5.74) is 2.55. The largest absolute Gasteiger partial charge is 0.326 e. The molecule has 4 heteroatoms. The van der Waals surface area contributed by atoms with Gasteiger partial charge in [-0.3, -0.25) is 9.59 Å². The van der Waals surface area contributed by atoms with Crippen LogP contribution in [-0.2, 0) is 10.5 Å². The molecular weight excluding hydrogens is 294 g/mol. The zero-order valence-electron chi connectivity index (χ0n) is 12.5. The van der Waals surface area contributed by atoms with Gasteiger partial charge in [0.15, 0.2) is 5.78 Å². The molecule has 0 unspecified atom stereocenters. The number of hydrogen-bond donors (Lipinski definition) is 1. The van der Waals surface area contributed by atoms with Crippen molar-refractivity contribution in [1.82, 2.24) is 0 Å². The highest BCUT2D eigenvalue weighted by atomic mass is 32.2. The van der Waals surface area contributed by atoms with Gasteiger partial charge in [0.2, 0.25) is 5.91 Å². The summed E-state index contributed by atoms with van der Waals surface area (Å²) in [7, 11) is 0. The van der Waals surface area contributed by atoms with Crippen molar-refractivity contribution in [3.05, 3.63) is 65.7 Å². The number of Topliss-reactive ketones (excluding diaryl/α,β-unsaturated/α-hetero) is 1. The Morgan fingerprint density at radius 2 is 1.82 bits per heavy atom. The van der Waals surface area contributed by atoms with Gasteiger partial charge in [-0.2, -0.15) is 11.8 Å². The summed E-state index contributed by atoms with van der Waals surface area (Å²) in [4.78, 5) is 23.2. The molecule has 0 heterocycles. The Bertz CT molecular complexity index is 641. The molecule has 0 saturated carbocycles. The molecule has 0 aliphatic heterocycles. The standard InChI is InChI=1S/C18H19NO2S/c1-14(20)16-8-5-9-17(12-16)19-18(21)10-11-22-13-15-6-3-2-4-7-15/h2-9,12H,10-11,13H2,1H3,(H,19,21). The van der Waals surface area contributed by atoms with Crippen LogP contribution in [0, 0.1) is 0 Å². The molecule has 0 aromatic heterocycles. The second-order valence-corrected chi connectivity index (χ2v) is 6.08. The van der Waals surface area contributed by atoms with Gasteiger partial charge in [-0.1, -0.05) is 42.5 Å². The van der Waals surface area contributed by atoms with Crippen LogP contribution in [0.4, 0.5) is 5.69 Å². The molecule has 0 aliphatic rings. The Balaban J connectivity index is 1.74. The van der Waals surface area contributed by atoms with Crippen LogP contribution >= 0.6 is 11.8 Å². The highest BCUT2D eigenvalue weighted by molar-refractivity contribution is 7.98. The Labute approximate surface area is 135 Å². The third kappa shape index (κ3) is 5.37. The van der Waals surface area contributed by atoms with Gasteiger partial charge in [-0.05, 0) is 24.6 Å². The van der Waals surface area contributed by atoms with Crippen LogP contribution in [0.3, 0.4) is 0 Å². The van der Waals surface area contributed by atoms with Gasteiger partial charge >= 0.3 is 0 Å². The number of rotatable bonds is 7. The Kier molecular flexibility index (Phi) is 6.22. The maximum Gasteiger partial charge on any atom is 0.225 e. The summed E-state index contributed by atoms with van der Waals surface area (Å²) in [5, 5.41) is 2.83. The molecule has 2 aromatic rings. The molecule has 0 bridgehead atoms. The van der Waals surface area contributed by atoms with Crippen LogP contribution in [0.15, 0.2) is 54.6 Å². The van der Waals surface area contributed by atoms with Crippen LogP contribution in [0.1, 0.15) is 29.3 Å². The van der Waals surface area contributed by atoms with E-state index in [1.807, 2.05) is 18.2 Å². The van der Waals surface area contributed by atoms with Crippen LogP contribution in [0.2, 0.25) is 0 Å². The normalized spacial score (nSPS) is 10.2. The predicted octanol–water partition coefficient (Wildman–Crippen LogP) is 4.15. The number of anilines is 1. The quantitative estimate of drug-likeness (QED) is 0.617. The molecule has 1 N–H and O–H groups in total. The highest BCUT2D eigenvalue weighted by Gasteiger charge is 2.05. The van der Waals surface area contributed by atoms with Crippen molar-refractivity contribution in [3.8, 4) is 0 Å². The first-order valence-corrected chi connectivity index (χ1v) is 8.33. The molecule has 0 atom stereocenters. The first-order chi connectivity index (χ1) is 10.6. The van der Waals surface area contributed by atoms with Gasteiger partial charge in [0.25, 0.3) is 0 Å². The van der Waals surface area contributed by atoms with E-state index in [0.717, 1.165) is 11.5 Å². The SMILES string of the molecule is CC(=O)c1cccc(NC(=O)CCSCc2ccccc2)c1. The molecule has 22 heavy (non-hydrogen) atoms. The molecule has 2 rings (SSSR count). The lowest BCUT2D eigenvalue weighted by Crippen LogP contribution is -2.12. The average Bonchev–Trinajstić information content (AvgIpc) is 2.53. The van der Waals surface area contributed by atoms with Crippen LogP contribution in [0.5, 0.6) is 0 Å². The fourth-order valence-electron chi connectivity index (χ4n) is 1.97. The van der Waals surface area contributed by atoms with Gasteiger partial charge in [-0.15, -0.1) is 0 Å². The van der Waals surface area contributed by atoms with E-state index in [4.69, 9.17) is 0 Å². The highest BCUT2D eigenvalue weighted by Crippen LogP contribution is 2.14. The lowest BCUT2D eigenvalue weighted by atomic mass is 10.1. The fraction of sp³-hybridized carbons (Fsp3) is 0.222. The minimum Gasteiger partial charge on any atom is -0.326 e. The minimum absolute atomic E-state index is 0.00508. The van der Waals surface area contributed by atoms with Crippen molar-refractivity contribution in [1.29, 1.82) is 0 Å². The van der Waals surface area contributed by atoms with E-state index in [1.165, 1.54) is 12.5 Å². The summed E-state index contributed by atoms with van der Waals surface area (Å²) in [5.74, 6) is 1.65. The molecule has 114 valence electrons. The molecule has 0 spiro atoms. The van der Waals surface area contributed by atoms with Gasteiger partial charge in [0.1, 0.15) is 0 Å². The molecule has 1 amide bonds. The number of amides is 1. The lowest BCUT2D eigenvalue weighted by molar-refractivity contribution is -0.115. The maximum atomic E-state index is 11.9. The molecule has 0 aliphatic carbocycles. The monoisotopic (exact) mass is 313 g/mol. The summed E-state index contributed by atoms with van der Waals surface area (Å²) in [6.07, 6.45) is 0.460. The summed E-state index contributed by atoms with van der Waals surface area (Å²) in [6, 6.07) is 17.2. The zero-order chi connectivity index (χ0) is 15.8. The third-order valence-corrected chi connectivity index (χ3v) is 4.17. The van der Waals surface area contributed by atoms with Crippen LogP contribution in [0.25, 0.3) is 0 Å². The molecule has 0 fully saturated rings. The van der Waals surface area contributed by atoms with E-state index >= 15 is 0 Å². The van der Waals surface area contributed by atoms with Gasteiger partial charge < -0.3 is 5.32 Å². The number of nitrogens with one attached hydrogen (secondary N) is 1. The first kappa shape index (κ1) is 16.3. The van der Waals surface area contributed by atoms with E-state index < -0.39 is 0 Å². The van der Waals surface area contributed by atoms with Crippen molar-refractivity contribution in [3.63, 3.8) is 0 Å². The van der Waals surface area contributed by atoms with Crippen molar-refractivity contribution in [2.45, 2.75) is 19.1 Å². The Morgan fingerprint density at radius 3 is 2.55 bits per heavy atom. The molecule has 0 saturated heterocycles. The molecule has 3 nitrogen and oxygen atoms in total. The molecular formula is C18H19NO2S. The lowest BCUT2D eigenvalue weighted by Gasteiger charge is -2.06. The van der Waals surface area contributed by atoms with Crippen molar-refractivity contribution in [2.75, 3.05) is 11.1 Å². The number of carbonyl (C=O) groups excluding carboxylic acids is 2. The van der Waals surface area contributed by atoms with Crippen molar-refractivity contribution < 1.29 is 9.59 Å². The van der Waals surface area contributed by atoms with E-state index in [1.54, 1.807) is 36.0 Å². The van der Waals surface area contributed by atoms with Gasteiger partial charge in [0.05, 0.1) is 0 Å². The van der Waals surface area contributed by atoms with E-state index in [9.17, 15) is 9.59 Å². The summed E-state index contributed by atoms with van der Waals surface area (Å²) < 4.78 is 0. The van der Waals surface area contributed by atoms with Crippen LogP contribution in [-0.4, -0.2) is 17.4 Å². The summed E-state index contributed by atoms with van der Waals surface area (Å²) in [6.45, 7) is 1.52. The first-order valence-electron chi connectivity index (χ1n) is 7.17. The Hall–Kier alpha value is -2.07. The van der Waals surface area contributed by atoms with Crippen LogP contribution < -0.4 is 5.32 Å². The third-order valence-electron chi connectivity index (χ3n) is 3.14. The smallest absolute Gasteiger partial charge is 0.225 e. The topological polar surface area (TPSA) is 46.2 Å². The minimum atomic E-state index is -0.0266. The fourth-order valence-corrected chi connectivity index (χ4v) is 2.87. The molecule has 2 aromatic carbocycles. The predicted molar refractivity (Wildman–Crippen MR) is 92.3 cm³/mol. The Morgan fingerprint density at radius 1 is 1.05 bits per heavy atom. The number of ketones is 1. The number of thioether (sulfide) groups is 1.